The van der Waals surface area contributed by atoms with E-state index in [2.05, 4.69) is 15.8 Å². The van der Waals surface area contributed by atoms with E-state index in [4.69, 9.17) is 0 Å². The van der Waals surface area contributed by atoms with Crippen LogP contribution in [0, 0.1) is 0 Å². The SMILES string of the molecule is O=C(NNc1ccc2ccccc2n1)C(O)(Cc1ccccc1)Cc1ccccc1. The Hall–Kier alpha value is -3.70. The number of nitrogens with one attached hydrogen (secondary N) is 2. The Kier molecular flexibility index (Phi) is 5.72. The Labute approximate surface area is 175 Å². The number of carbonyl (C=O) groups excluding carboxylic acids is 1. The largest absolute Gasteiger partial charge is 0.379 e. The second kappa shape index (κ2) is 8.76. The summed E-state index contributed by atoms with van der Waals surface area (Å²) < 4.78 is 0. The molecule has 0 aliphatic rings. The van der Waals surface area contributed by atoms with Crippen LogP contribution in [0.15, 0.2) is 97.1 Å². The van der Waals surface area contributed by atoms with Gasteiger partial charge in [0.05, 0.1) is 5.52 Å². The highest BCUT2D eigenvalue weighted by Crippen LogP contribution is 2.20. The van der Waals surface area contributed by atoms with Crippen molar-refractivity contribution < 1.29 is 9.90 Å². The number of hydrazine groups is 1. The van der Waals surface area contributed by atoms with Gasteiger partial charge in [0.15, 0.2) is 5.60 Å². The highest BCUT2D eigenvalue weighted by atomic mass is 16.3. The van der Waals surface area contributed by atoms with E-state index >= 15 is 0 Å². The van der Waals surface area contributed by atoms with E-state index < -0.39 is 11.5 Å². The number of hydrogen-bond donors (Lipinski definition) is 3. The first kappa shape index (κ1) is 19.6. The Morgan fingerprint density at radius 1 is 0.767 bits per heavy atom. The number of fused-ring (bicyclic) bond motifs is 1. The molecular weight excluding hydrogens is 374 g/mol. The Bertz CT molecular complexity index is 1090. The molecule has 0 aliphatic carbocycles. The Morgan fingerprint density at radius 2 is 1.33 bits per heavy atom. The Morgan fingerprint density at radius 3 is 1.97 bits per heavy atom. The molecule has 0 aliphatic heterocycles. The summed E-state index contributed by atoms with van der Waals surface area (Å²) in [6.07, 6.45) is 0.392. The molecule has 30 heavy (non-hydrogen) atoms. The molecule has 5 nitrogen and oxygen atoms in total. The van der Waals surface area contributed by atoms with Gasteiger partial charge in [-0.05, 0) is 29.3 Å². The van der Waals surface area contributed by atoms with Gasteiger partial charge in [-0.1, -0.05) is 78.9 Å². The van der Waals surface area contributed by atoms with Gasteiger partial charge in [0.2, 0.25) is 0 Å². The van der Waals surface area contributed by atoms with Gasteiger partial charge in [0.25, 0.3) is 5.91 Å². The van der Waals surface area contributed by atoms with Crippen molar-refractivity contribution in [2.45, 2.75) is 18.4 Å². The van der Waals surface area contributed by atoms with Gasteiger partial charge in [-0.3, -0.25) is 15.6 Å². The number of benzene rings is 3. The van der Waals surface area contributed by atoms with E-state index in [1.54, 1.807) is 6.07 Å². The van der Waals surface area contributed by atoms with Crippen molar-refractivity contribution in [2.75, 3.05) is 5.43 Å². The molecule has 0 radical (unpaired) electrons. The van der Waals surface area contributed by atoms with Crippen molar-refractivity contribution in [3.63, 3.8) is 0 Å². The van der Waals surface area contributed by atoms with Crippen LogP contribution in [-0.4, -0.2) is 21.6 Å². The molecule has 3 N–H and O–H groups in total. The quantitative estimate of drug-likeness (QED) is 0.414. The third-order valence-corrected chi connectivity index (χ3v) is 5.00. The minimum Gasteiger partial charge on any atom is -0.379 e. The standard InChI is InChI=1S/C25H23N3O2/c29-24(28-27-23-16-15-21-13-7-8-14-22(21)26-23)25(30,17-19-9-3-1-4-10-19)18-20-11-5-2-6-12-20/h1-16,30H,17-18H2,(H,26,27)(H,28,29). The van der Waals surface area contributed by atoms with Crippen LogP contribution in [0.1, 0.15) is 11.1 Å². The van der Waals surface area contributed by atoms with E-state index in [0.717, 1.165) is 22.0 Å². The number of hydrogen-bond acceptors (Lipinski definition) is 4. The van der Waals surface area contributed by atoms with Crippen LogP contribution in [0.25, 0.3) is 10.9 Å². The predicted molar refractivity (Wildman–Crippen MR) is 119 cm³/mol. The zero-order valence-electron chi connectivity index (χ0n) is 16.5. The lowest BCUT2D eigenvalue weighted by atomic mass is 9.87. The third-order valence-electron chi connectivity index (χ3n) is 5.00. The van der Waals surface area contributed by atoms with E-state index in [1.807, 2.05) is 91.0 Å². The molecule has 1 amide bonds. The van der Waals surface area contributed by atoms with Crippen LogP contribution >= 0.6 is 0 Å². The van der Waals surface area contributed by atoms with Crippen LogP contribution in [0.2, 0.25) is 0 Å². The number of pyridine rings is 1. The molecule has 0 bridgehead atoms. The fourth-order valence-corrected chi connectivity index (χ4v) is 3.46. The van der Waals surface area contributed by atoms with Gasteiger partial charge in [-0.2, -0.15) is 0 Å². The van der Waals surface area contributed by atoms with Crippen molar-refractivity contribution in [3.8, 4) is 0 Å². The first-order valence-electron chi connectivity index (χ1n) is 9.85. The van der Waals surface area contributed by atoms with Crippen molar-refractivity contribution in [3.05, 3.63) is 108 Å². The van der Waals surface area contributed by atoms with Crippen LogP contribution in [0.5, 0.6) is 0 Å². The number of para-hydroxylation sites is 1. The maximum atomic E-state index is 13.1. The average Bonchev–Trinajstić information content (AvgIpc) is 2.78. The van der Waals surface area contributed by atoms with Crippen molar-refractivity contribution in [1.29, 1.82) is 0 Å². The summed E-state index contributed by atoms with van der Waals surface area (Å²) >= 11 is 0. The van der Waals surface area contributed by atoms with Gasteiger partial charge in [0.1, 0.15) is 5.82 Å². The van der Waals surface area contributed by atoms with Gasteiger partial charge < -0.3 is 5.11 Å². The van der Waals surface area contributed by atoms with Gasteiger partial charge in [-0.25, -0.2) is 4.98 Å². The summed E-state index contributed by atoms with van der Waals surface area (Å²) in [4.78, 5) is 17.5. The molecule has 0 fully saturated rings. The van der Waals surface area contributed by atoms with Crippen LogP contribution in [0.4, 0.5) is 5.82 Å². The molecule has 0 saturated heterocycles. The molecule has 1 heterocycles. The molecule has 5 heteroatoms. The molecule has 0 saturated carbocycles. The lowest BCUT2D eigenvalue weighted by Gasteiger charge is -2.27. The topological polar surface area (TPSA) is 74.2 Å². The number of anilines is 1. The molecule has 4 rings (SSSR count). The zero-order valence-corrected chi connectivity index (χ0v) is 16.5. The summed E-state index contributed by atoms with van der Waals surface area (Å²) in [7, 11) is 0. The summed E-state index contributed by atoms with van der Waals surface area (Å²) in [6.45, 7) is 0. The van der Waals surface area contributed by atoms with Gasteiger partial charge in [0, 0.05) is 18.2 Å². The number of carbonyl (C=O) groups is 1. The lowest BCUT2D eigenvalue weighted by molar-refractivity contribution is -0.139. The monoisotopic (exact) mass is 397 g/mol. The number of aromatic nitrogens is 1. The molecule has 0 atom stereocenters. The molecule has 0 spiro atoms. The van der Waals surface area contributed by atoms with Gasteiger partial charge >= 0.3 is 0 Å². The van der Waals surface area contributed by atoms with Crippen molar-refractivity contribution in [2.24, 2.45) is 0 Å². The highest BCUT2D eigenvalue weighted by Gasteiger charge is 2.36. The van der Waals surface area contributed by atoms with Crippen LogP contribution in [0.3, 0.4) is 0 Å². The predicted octanol–water partition coefficient (Wildman–Crippen LogP) is 3.89. The number of aliphatic hydroxyl groups is 1. The first-order valence-corrected chi connectivity index (χ1v) is 9.85. The zero-order chi connectivity index (χ0) is 20.8. The van der Waals surface area contributed by atoms with Gasteiger partial charge in [-0.15, -0.1) is 0 Å². The maximum Gasteiger partial charge on any atom is 0.270 e. The Balaban J connectivity index is 1.53. The molecule has 4 aromatic rings. The van der Waals surface area contributed by atoms with E-state index in [1.165, 1.54) is 0 Å². The normalized spacial score (nSPS) is 11.2. The maximum absolute atomic E-state index is 13.1. The van der Waals surface area contributed by atoms with E-state index in [9.17, 15) is 9.90 Å². The third kappa shape index (κ3) is 4.64. The van der Waals surface area contributed by atoms with Crippen LogP contribution < -0.4 is 10.9 Å². The minimum absolute atomic E-state index is 0.196. The number of amides is 1. The van der Waals surface area contributed by atoms with Crippen LogP contribution in [-0.2, 0) is 17.6 Å². The molecule has 1 aromatic heterocycles. The lowest BCUT2D eigenvalue weighted by Crippen LogP contribution is -2.51. The van der Waals surface area contributed by atoms with E-state index in [0.29, 0.717) is 5.82 Å². The molecule has 3 aromatic carbocycles. The average molecular weight is 397 g/mol. The van der Waals surface area contributed by atoms with Crippen molar-refractivity contribution in [1.82, 2.24) is 10.4 Å². The summed E-state index contributed by atoms with van der Waals surface area (Å²) in [5, 5.41) is 12.4. The minimum atomic E-state index is -1.62. The summed E-state index contributed by atoms with van der Waals surface area (Å²) in [5.41, 5.74) is 6.46. The van der Waals surface area contributed by atoms with E-state index in [-0.39, 0.29) is 12.8 Å². The summed E-state index contributed by atoms with van der Waals surface area (Å²) in [6, 6.07) is 30.5. The molecular formula is C25H23N3O2. The second-order valence-electron chi connectivity index (χ2n) is 7.32. The summed E-state index contributed by atoms with van der Waals surface area (Å²) in [5.74, 6) is -0.00557. The fourth-order valence-electron chi connectivity index (χ4n) is 3.46. The number of nitrogens with zero attached hydrogens (tertiary/aromatic N) is 1. The van der Waals surface area contributed by atoms with Crippen molar-refractivity contribution >= 4 is 22.6 Å². The molecule has 150 valence electrons. The fraction of sp³-hybridized carbons (Fsp3) is 0.120. The highest BCUT2D eigenvalue weighted by molar-refractivity contribution is 5.87. The number of rotatable bonds is 7. The molecule has 0 unspecified atom stereocenters. The second-order valence-corrected chi connectivity index (χ2v) is 7.32. The first-order chi connectivity index (χ1) is 14.6. The smallest absolute Gasteiger partial charge is 0.270 e.